The normalized spacial score (nSPS) is 17.4. The Balaban J connectivity index is 1.99. The summed E-state index contributed by atoms with van der Waals surface area (Å²) in [6.45, 7) is 6.20. The molecule has 1 aromatic rings. The van der Waals surface area contributed by atoms with Crippen LogP contribution < -0.4 is 10.2 Å². The maximum atomic E-state index is 12.3. The van der Waals surface area contributed by atoms with Crippen molar-refractivity contribution in [3.8, 4) is 0 Å². The summed E-state index contributed by atoms with van der Waals surface area (Å²) >= 11 is 6.05. The predicted octanol–water partition coefficient (Wildman–Crippen LogP) is 2.47. The number of halogens is 1. The summed E-state index contributed by atoms with van der Waals surface area (Å²) in [7, 11) is 0. The standard InChI is InChI=1S/C16H24ClN3O2/c1-11(7-12(2)21)10-18-16(22)13-8-14(17)19-15(9-13)20-5-3-4-6-20/h8-9,11-12,21H,3-7,10H2,1-2H3,(H,18,22). The van der Waals surface area contributed by atoms with Crippen LogP contribution in [0.25, 0.3) is 0 Å². The van der Waals surface area contributed by atoms with E-state index in [1.54, 1.807) is 19.1 Å². The number of carbonyl (C=O) groups excluding carboxylic acids is 1. The van der Waals surface area contributed by atoms with Gasteiger partial charge in [0.15, 0.2) is 0 Å². The molecule has 1 fully saturated rings. The Morgan fingerprint density at radius 2 is 2.09 bits per heavy atom. The number of pyridine rings is 1. The van der Waals surface area contributed by atoms with Gasteiger partial charge in [0.05, 0.1) is 6.10 Å². The molecule has 5 nitrogen and oxygen atoms in total. The molecule has 6 heteroatoms. The fourth-order valence-corrected chi connectivity index (χ4v) is 2.96. The molecule has 0 spiro atoms. The van der Waals surface area contributed by atoms with E-state index in [4.69, 9.17) is 11.6 Å². The van der Waals surface area contributed by atoms with Crippen molar-refractivity contribution in [2.75, 3.05) is 24.5 Å². The molecule has 2 N–H and O–H groups in total. The van der Waals surface area contributed by atoms with Crippen molar-refractivity contribution in [3.05, 3.63) is 22.8 Å². The zero-order valence-corrected chi connectivity index (χ0v) is 13.9. The first-order valence-electron chi connectivity index (χ1n) is 7.84. The average Bonchev–Trinajstić information content (AvgIpc) is 2.97. The zero-order valence-electron chi connectivity index (χ0n) is 13.2. The van der Waals surface area contributed by atoms with Crippen molar-refractivity contribution in [2.45, 2.75) is 39.2 Å². The number of carbonyl (C=O) groups is 1. The Hall–Kier alpha value is -1.33. The van der Waals surface area contributed by atoms with Crippen LogP contribution in [-0.4, -0.2) is 41.7 Å². The number of aromatic nitrogens is 1. The summed E-state index contributed by atoms with van der Waals surface area (Å²) in [5, 5.41) is 12.6. The number of nitrogens with zero attached hydrogens (tertiary/aromatic N) is 2. The number of anilines is 1. The van der Waals surface area contributed by atoms with Crippen molar-refractivity contribution in [3.63, 3.8) is 0 Å². The summed E-state index contributed by atoms with van der Waals surface area (Å²) in [6.07, 6.45) is 2.60. The third-order valence-electron chi connectivity index (χ3n) is 3.83. The summed E-state index contributed by atoms with van der Waals surface area (Å²) < 4.78 is 0. The minimum atomic E-state index is -0.357. The molecule has 22 heavy (non-hydrogen) atoms. The Labute approximate surface area is 136 Å². The largest absolute Gasteiger partial charge is 0.393 e. The zero-order chi connectivity index (χ0) is 16.1. The van der Waals surface area contributed by atoms with Crippen LogP contribution in [0.15, 0.2) is 12.1 Å². The molecule has 0 aliphatic carbocycles. The third kappa shape index (κ3) is 4.85. The molecule has 0 saturated carbocycles. The van der Waals surface area contributed by atoms with E-state index in [1.807, 2.05) is 6.92 Å². The van der Waals surface area contributed by atoms with Crippen LogP contribution in [-0.2, 0) is 0 Å². The highest BCUT2D eigenvalue weighted by Crippen LogP contribution is 2.22. The van der Waals surface area contributed by atoms with Gasteiger partial charge in [-0.2, -0.15) is 0 Å². The molecule has 2 unspecified atom stereocenters. The topological polar surface area (TPSA) is 65.5 Å². The van der Waals surface area contributed by atoms with E-state index >= 15 is 0 Å². The molecule has 0 bridgehead atoms. The van der Waals surface area contributed by atoms with E-state index in [9.17, 15) is 9.90 Å². The van der Waals surface area contributed by atoms with Gasteiger partial charge in [0, 0.05) is 25.2 Å². The highest BCUT2D eigenvalue weighted by Gasteiger charge is 2.17. The summed E-state index contributed by atoms with van der Waals surface area (Å²) in [4.78, 5) is 18.7. The lowest BCUT2D eigenvalue weighted by atomic mass is 10.0. The molecule has 1 aromatic heterocycles. The van der Waals surface area contributed by atoms with Crippen LogP contribution in [0.2, 0.25) is 5.15 Å². The maximum absolute atomic E-state index is 12.3. The molecule has 2 heterocycles. The van der Waals surface area contributed by atoms with Crippen molar-refractivity contribution in [2.24, 2.45) is 5.92 Å². The molecule has 122 valence electrons. The monoisotopic (exact) mass is 325 g/mol. The van der Waals surface area contributed by atoms with Gasteiger partial charge in [0.1, 0.15) is 11.0 Å². The Morgan fingerprint density at radius 1 is 1.41 bits per heavy atom. The quantitative estimate of drug-likeness (QED) is 0.789. The van der Waals surface area contributed by atoms with Crippen LogP contribution >= 0.6 is 11.6 Å². The number of amides is 1. The Kier molecular flexibility index (Phi) is 6.03. The van der Waals surface area contributed by atoms with Gasteiger partial charge in [0.2, 0.25) is 0 Å². The summed E-state index contributed by atoms with van der Waals surface area (Å²) in [6, 6.07) is 3.39. The van der Waals surface area contributed by atoms with E-state index in [-0.39, 0.29) is 17.9 Å². The summed E-state index contributed by atoms with van der Waals surface area (Å²) in [5.41, 5.74) is 0.533. The number of hydrogen-bond acceptors (Lipinski definition) is 4. The lowest BCUT2D eigenvalue weighted by Crippen LogP contribution is -2.30. The van der Waals surface area contributed by atoms with E-state index in [1.165, 1.54) is 0 Å². The highest BCUT2D eigenvalue weighted by molar-refractivity contribution is 6.29. The first-order chi connectivity index (χ1) is 10.5. The number of rotatable bonds is 6. The third-order valence-corrected chi connectivity index (χ3v) is 4.02. The van der Waals surface area contributed by atoms with Gasteiger partial charge in [-0.3, -0.25) is 4.79 Å². The molecule has 1 aliphatic heterocycles. The van der Waals surface area contributed by atoms with Crippen molar-refractivity contribution < 1.29 is 9.90 Å². The van der Waals surface area contributed by atoms with Gasteiger partial charge in [-0.05, 0) is 44.2 Å². The van der Waals surface area contributed by atoms with Gasteiger partial charge < -0.3 is 15.3 Å². The number of hydrogen-bond donors (Lipinski definition) is 2. The Morgan fingerprint density at radius 3 is 2.73 bits per heavy atom. The van der Waals surface area contributed by atoms with E-state index in [0.29, 0.717) is 23.7 Å². The first-order valence-corrected chi connectivity index (χ1v) is 8.22. The van der Waals surface area contributed by atoms with E-state index in [2.05, 4.69) is 15.2 Å². The van der Waals surface area contributed by atoms with Gasteiger partial charge in [-0.15, -0.1) is 0 Å². The minimum Gasteiger partial charge on any atom is -0.393 e. The smallest absolute Gasteiger partial charge is 0.251 e. The molecule has 0 aromatic carbocycles. The van der Waals surface area contributed by atoms with Gasteiger partial charge >= 0.3 is 0 Å². The van der Waals surface area contributed by atoms with Crippen molar-refractivity contribution >= 4 is 23.3 Å². The Bertz CT molecular complexity index is 516. The van der Waals surface area contributed by atoms with Crippen molar-refractivity contribution in [1.82, 2.24) is 10.3 Å². The lowest BCUT2D eigenvalue weighted by Gasteiger charge is -2.18. The molecule has 1 amide bonds. The number of aliphatic hydroxyl groups excluding tert-OH is 1. The number of aliphatic hydroxyl groups is 1. The molecule has 2 atom stereocenters. The lowest BCUT2D eigenvalue weighted by molar-refractivity contribution is 0.0939. The SMILES string of the molecule is CC(O)CC(C)CNC(=O)c1cc(Cl)nc(N2CCCC2)c1. The second-order valence-electron chi connectivity index (χ2n) is 6.13. The van der Waals surface area contributed by atoms with E-state index in [0.717, 1.165) is 31.7 Å². The molecular formula is C16H24ClN3O2. The molecule has 0 radical (unpaired) electrons. The van der Waals surface area contributed by atoms with Crippen LogP contribution in [0.1, 0.15) is 43.5 Å². The first kappa shape index (κ1) is 17.0. The molecule has 2 rings (SSSR count). The predicted molar refractivity (Wildman–Crippen MR) is 88.5 cm³/mol. The van der Waals surface area contributed by atoms with Crippen LogP contribution in [0.4, 0.5) is 5.82 Å². The highest BCUT2D eigenvalue weighted by atomic mass is 35.5. The fraction of sp³-hybridized carbons (Fsp3) is 0.625. The molecule has 1 saturated heterocycles. The molecule has 1 aliphatic rings. The minimum absolute atomic E-state index is 0.151. The number of nitrogens with one attached hydrogen (secondary N) is 1. The van der Waals surface area contributed by atoms with E-state index < -0.39 is 0 Å². The second-order valence-corrected chi connectivity index (χ2v) is 6.52. The van der Waals surface area contributed by atoms with Crippen molar-refractivity contribution in [1.29, 1.82) is 0 Å². The maximum Gasteiger partial charge on any atom is 0.251 e. The van der Waals surface area contributed by atoms with Gasteiger partial charge in [0.25, 0.3) is 5.91 Å². The summed E-state index contributed by atoms with van der Waals surface area (Å²) in [5.74, 6) is 0.841. The van der Waals surface area contributed by atoms with Gasteiger partial charge in [-0.1, -0.05) is 18.5 Å². The van der Waals surface area contributed by atoms with Crippen LogP contribution in [0.3, 0.4) is 0 Å². The fourth-order valence-electron chi connectivity index (χ4n) is 2.76. The van der Waals surface area contributed by atoms with Crippen LogP contribution in [0, 0.1) is 5.92 Å². The van der Waals surface area contributed by atoms with Crippen LogP contribution in [0.5, 0.6) is 0 Å². The second kappa shape index (κ2) is 7.79. The average molecular weight is 326 g/mol. The van der Waals surface area contributed by atoms with Gasteiger partial charge in [-0.25, -0.2) is 4.98 Å². The molecular weight excluding hydrogens is 302 g/mol.